The van der Waals surface area contributed by atoms with Gasteiger partial charge in [0.05, 0.1) is 5.92 Å². The van der Waals surface area contributed by atoms with Crippen molar-refractivity contribution in [3.63, 3.8) is 0 Å². The first-order chi connectivity index (χ1) is 8.78. The molecule has 1 aromatic rings. The summed E-state index contributed by atoms with van der Waals surface area (Å²) in [5, 5.41) is 0. The molecule has 2 atom stereocenters. The number of Topliss-reactive ketones (excluding diaryl/α,β-unsaturated/α-hetero) is 1. The quantitative estimate of drug-likeness (QED) is 0.630. The van der Waals surface area contributed by atoms with Crippen LogP contribution in [0.15, 0.2) is 28.7 Å². The molecule has 1 aromatic carbocycles. The third kappa shape index (κ3) is 3.66. The molecule has 2 unspecified atom stereocenters. The van der Waals surface area contributed by atoms with Crippen LogP contribution in [0.4, 0.5) is 0 Å². The Kier molecular flexibility index (Phi) is 3.81. The molecule has 4 heteroatoms. The molecule has 0 N–H and O–H groups in total. The smallest absolute Gasteiger partial charge is 0.310 e. The van der Waals surface area contributed by atoms with Crippen LogP contribution in [0.2, 0.25) is 0 Å². The van der Waals surface area contributed by atoms with Gasteiger partial charge in [0.2, 0.25) is 0 Å². The molecular formula is C15H17BrO3. The molecule has 1 aliphatic rings. The zero-order valence-corrected chi connectivity index (χ0v) is 12.9. The molecule has 1 fully saturated rings. The molecule has 1 aliphatic carbocycles. The molecule has 0 bridgehead atoms. The van der Waals surface area contributed by atoms with E-state index >= 15 is 0 Å². The highest BCUT2D eigenvalue weighted by Gasteiger charge is 2.49. The van der Waals surface area contributed by atoms with Gasteiger partial charge in [-0.3, -0.25) is 9.59 Å². The van der Waals surface area contributed by atoms with Crippen LogP contribution in [-0.2, 0) is 9.53 Å². The standard InChI is InChI=1S/C15H17BrO3/c1-15(2,3)19-14(18)12-8-11(12)13(17)9-5-4-6-10(16)7-9/h4-7,11-12H,8H2,1-3H3. The van der Waals surface area contributed by atoms with Crippen LogP contribution < -0.4 is 0 Å². The summed E-state index contributed by atoms with van der Waals surface area (Å²) >= 11 is 3.34. The molecule has 2 rings (SSSR count). The van der Waals surface area contributed by atoms with E-state index in [-0.39, 0.29) is 23.6 Å². The third-order valence-electron chi connectivity index (χ3n) is 2.95. The van der Waals surface area contributed by atoms with Crippen molar-refractivity contribution in [2.45, 2.75) is 32.8 Å². The maximum Gasteiger partial charge on any atom is 0.310 e. The Balaban J connectivity index is 1.99. The molecule has 102 valence electrons. The summed E-state index contributed by atoms with van der Waals surface area (Å²) < 4.78 is 6.17. The molecule has 0 aromatic heterocycles. The Morgan fingerprint density at radius 1 is 1.26 bits per heavy atom. The van der Waals surface area contributed by atoms with Gasteiger partial charge in [-0.15, -0.1) is 0 Å². The molecule has 0 heterocycles. The molecule has 0 spiro atoms. The second-order valence-corrected chi connectivity index (χ2v) is 6.77. The molecular weight excluding hydrogens is 308 g/mol. The number of hydrogen-bond acceptors (Lipinski definition) is 3. The van der Waals surface area contributed by atoms with Gasteiger partial charge in [-0.2, -0.15) is 0 Å². The van der Waals surface area contributed by atoms with Gasteiger partial charge in [0, 0.05) is 16.0 Å². The Bertz CT molecular complexity index is 516. The van der Waals surface area contributed by atoms with Crippen LogP contribution in [-0.4, -0.2) is 17.4 Å². The predicted molar refractivity (Wildman–Crippen MR) is 75.9 cm³/mol. The average molecular weight is 325 g/mol. The zero-order chi connectivity index (χ0) is 14.2. The molecule has 3 nitrogen and oxygen atoms in total. The Morgan fingerprint density at radius 2 is 1.95 bits per heavy atom. The van der Waals surface area contributed by atoms with Crippen molar-refractivity contribution >= 4 is 27.7 Å². The van der Waals surface area contributed by atoms with Gasteiger partial charge in [-0.05, 0) is 39.3 Å². The zero-order valence-electron chi connectivity index (χ0n) is 11.3. The first-order valence-corrected chi connectivity index (χ1v) is 7.10. The number of ketones is 1. The molecule has 19 heavy (non-hydrogen) atoms. The summed E-state index contributed by atoms with van der Waals surface area (Å²) in [5.74, 6) is -0.729. The van der Waals surface area contributed by atoms with Crippen LogP contribution >= 0.6 is 15.9 Å². The summed E-state index contributed by atoms with van der Waals surface area (Å²) in [4.78, 5) is 24.1. The lowest BCUT2D eigenvalue weighted by Crippen LogP contribution is -2.25. The van der Waals surface area contributed by atoms with E-state index in [1.807, 2.05) is 32.9 Å². The van der Waals surface area contributed by atoms with Crippen LogP contribution in [0.25, 0.3) is 0 Å². The predicted octanol–water partition coefficient (Wildman–Crippen LogP) is 3.61. The molecule has 0 aliphatic heterocycles. The minimum Gasteiger partial charge on any atom is -0.460 e. The van der Waals surface area contributed by atoms with Crippen molar-refractivity contribution in [2.24, 2.45) is 11.8 Å². The van der Waals surface area contributed by atoms with E-state index in [0.29, 0.717) is 12.0 Å². The van der Waals surface area contributed by atoms with Crippen molar-refractivity contribution in [1.82, 2.24) is 0 Å². The van der Waals surface area contributed by atoms with E-state index in [9.17, 15) is 9.59 Å². The van der Waals surface area contributed by atoms with Crippen LogP contribution in [0.3, 0.4) is 0 Å². The van der Waals surface area contributed by atoms with Crippen molar-refractivity contribution in [3.8, 4) is 0 Å². The third-order valence-corrected chi connectivity index (χ3v) is 3.44. The number of ether oxygens (including phenoxy) is 1. The van der Waals surface area contributed by atoms with E-state index in [4.69, 9.17) is 4.74 Å². The fraction of sp³-hybridized carbons (Fsp3) is 0.467. The minimum atomic E-state index is -0.497. The average Bonchev–Trinajstić information content (AvgIpc) is 3.05. The molecule has 0 amide bonds. The summed E-state index contributed by atoms with van der Waals surface area (Å²) in [6.07, 6.45) is 0.597. The topological polar surface area (TPSA) is 43.4 Å². The van der Waals surface area contributed by atoms with Gasteiger partial charge in [-0.1, -0.05) is 28.1 Å². The van der Waals surface area contributed by atoms with E-state index in [2.05, 4.69) is 15.9 Å². The number of carbonyl (C=O) groups is 2. The molecule has 0 radical (unpaired) electrons. The van der Waals surface area contributed by atoms with Gasteiger partial charge < -0.3 is 4.74 Å². The fourth-order valence-corrected chi connectivity index (χ4v) is 2.38. The summed E-state index contributed by atoms with van der Waals surface area (Å²) in [7, 11) is 0. The largest absolute Gasteiger partial charge is 0.460 e. The monoisotopic (exact) mass is 324 g/mol. The van der Waals surface area contributed by atoms with E-state index in [1.165, 1.54) is 0 Å². The number of esters is 1. The number of hydrogen-bond donors (Lipinski definition) is 0. The number of carbonyl (C=O) groups excluding carboxylic acids is 2. The fourth-order valence-electron chi connectivity index (χ4n) is 1.98. The Hall–Kier alpha value is -1.16. The maximum absolute atomic E-state index is 12.2. The van der Waals surface area contributed by atoms with Gasteiger partial charge in [-0.25, -0.2) is 0 Å². The number of benzene rings is 1. The van der Waals surface area contributed by atoms with Crippen molar-refractivity contribution < 1.29 is 14.3 Å². The number of rotatable bonds is 3. The van der Waals surface area contributed by atoms with Gasteiger partial charge in [0.25, 0.3) is 0 Å². The lowest BCUT2D eigenvalue weighted by atomic mass is 10.1. The SMILES string of the molecule is CC(C)(C)OC(=O)C1CC1C(=O)c1cccc(Br)c1. The van der Waals surface area contributed by atoms with E-state index in [0.717, 1.165) is 4.47 Å². The van der Waals surface area contributed by atoms with Crippen LogP contribution in [0.5, 0.6) is 0 Å². The van der Waals surface area contributed by atoms with Crippen molar-refractivity contribution in [1.29, 1.82) is 0 Å². The first kappa shape index (κ1) is 14.3. The van der Waals surface area contributed by atoms with Crippen molar-refractivity contribution in [3.05, 3.63) is 34.3 Å². The normalized spacial score (nSPS) is 21.9. The van der Waals surface area contributed by atoms with Crippen LogP contribution in [0.1, 0.15) is 37.6 Å². The van der Waals surface area contributed by atoms with E-state index < -0.39 is 5.60 Å². The Labute approximate surface area is 121 Å². The lowest BCUT2D eigenvalue weighted by molar-refractivity contribution is -0.156. The summed E-state index contributed by atoms with van der Waals surface area (Å²) in [6.45, 7) is 5.50. The maximum atomic E-state index is 12.2. The first-order valence-electron chi connectivity index (χ1n) is 6.30. The van der Waals surface area contributed by atoms with Crippen LogP contribution in [0, 0.1) is 11.8 Å². The number of halogens is 1. The molecule has 0 saturated heterocycles. The lowest BCUT2D eigenvalue weighted by Gasteiger charge is -2.19. The second kappa shape index (κ2) is 5.08. The molecule has 1 saturated carbocycles. The van der Waals surface area contributed by atoms with Crippen molar-refractivity contribution in [2.75, 3.05) is 0 Å². The highest BCUT2D eigenvalue weighted by Crippen LogP contribution is 2.42. The minimum absolute atomic E-state index is 0.0251. The Morgan fingerprint density at radius 3 is 2.53 bits per heavy atom. The summed E-state index contributed by atoms with van der Waals surface area (Å²) in [5.41, 5.74) is 0.147. The van der Waals surface area contributed by atoms with Gasteiger partial charge in [0.1, 0.15) is 5.60 Å². The summed E-state index contributed by atoms with van der Waals surface area (Å²) in [6, 6.07) is 7.25. The second-order valence-electron chi connectivity index (χ2n) is 5.86. The van der Waals surface area contributed by atoms with Gasteiger partial charge >= 0.3 is 5.97 Å². The van der Waals surface area contributed by atoms with Gasteiger partial charge in [0.15, 0.2) is 5.78 Å². The highest BCUT2D eigenvalue weighted by atomic mass is 79.9. The van der Waals surface area contributed by atoms with E-state index in [1.54, 1.807) is 12.1 Å². The highest BCUT2D eigenvalue weighted by molar-refractivity contribution is 9.10.